The largest absolute Gasteiger partial charge is 0.497 e. The number of para-hydroxylation sites is 2. The number of fused-ring (bicyclic) bond motifs is 1. The molecule has 1 heterocycles. The molecule has 0 bridgehead atoms. The molecule has 0 aliphatic heterocycles. The van der Waals surface area contributed by atoms with E-state index in [4.69, 9.17) is 4.74 Å². The number of ether oxygens (including phenoxy) is 1. The third kappa shape index (κ3) is 3.99. The van der Waals surface area contributed by atoms with Crippen LogP contribution in [0.25, 0.3) is 11.0 Å². The van der Waals surface area contributed by atoms with Crippen LogP contribution in [0, 0.1) is 0 Å². The smallest absolute Gasteiger partial charge is 0.224 e. The minimum absolute atomic E-state index is 0.0179. The first-order valence-electron chi connectivity index (χ1n) is 8.55. The predicted octanol–water partition coefficient (Wildman–Crippen LogP) is 2.97. The van der Waals surface area contributed by atoms with Crippen LogP contribution in [-0.4, -0.2) is 29.1 Å². The van der Waals surface area contributed by atoms with Crippen LogP contribution < -0.4 is 10.1 Å². The molecule has 0 saturated heterocycles. The van der Waals surface area contributed by atoms with Gasteiger partial charge in [-0.25, -0.2) is 4.98 Å². The van der Waals surface area contributed by atoms with E-state index in [1.54, 1.807) is 7.11 Å². The van der Waals surface area contributed by atoms with Gasteiger partial charge < -0.3 is 14.6 Å². The Balaban J connectivity index is 1.56. The monoisotopic (exact) mass is 337 g/mol. The molecule has 5 heteroatoms. The molecule has 1 aromatic heterocycles. The first-order chi connectivity index (χ1) is 12.2. The van der Waals surface area contributed by atoms with Gasteiger partial charge in [0.25, 0.3) is 0 Å². The number of carbonyl (C=O) groups excluding carboxylic acids is 1. The van der Waals surface area contributed by atoms with E-state index in [0.717, 1.165) is 41.1 Å². The normalized spacial score (nSPS) is 10.8. The van der Waals surface area contributed by atoms with Gasteiger partial charge in [0.15, 0.2) is 0 Å². The van der Waals surface area contributed by atoms with Crippen LogP contribution in [0.3, 0.4) is 0 Å². The van der Waals surface area contributed by atoms with Gasteiger partial charge >= 0.3 is 0 Å². The van der Waals surface area contributed by atoms with Gasteiger partial charge in [0.2, 0.25) is 5.91 Å². The van der Waals surface area contributed by atoms with Crippen LogP contribution in [-0.2, 0) is 24.2 Å². The molecule has 3 rings (SSSR count). The topological polar surface area (TPSA) is 56.2 Å². The van der Waals surface area contributed by atoms with Gasteiger partial charge in [-0.05, 0) is 36.8 Å². The lowest BCUT2D eigenvalue weighted by atomic mass is 10.1. The summed E-state index contributed by atoms with van der Waals surface area (Å²) in [5.41, 5.74) is 3.12. The molecule has 0 atom stereocenters. The highest BCUT2D eigenvalue weighted by molar-refractivity contribution is 5.78. The van der Waals surface area contributed by atoms with E-state index < -0.39 is 0 Å². The Morgan fingerprint density at radius 3 is 2.64 bits per heavy atom. The molecule has 0 aliphatic rings. The van der Waals surface area contributed by atoms with Crippen molar-refractivity contribution in [3.63, 3.8) is 0 Å². The zero-order valence-electron chi connectivity index (χ0n) is 14.7. The minimum atomic E-state index is 0.0179. The van der Waals surface area contributed by atoms with Gasteiger partial charge in [0.1, 0.15) is 11.6 Å². The summed E-state index contributed by atoms with van der Waals surface area (Å²) in [7, 11) is 1.63. The Bertz CT molecular complexity index is 853. The van der Waals surface area contributed by atoms with Crippen LogP contribution in [0.4, 0.5) is 0 Å². The van der Waals surface area contributed by atoms with E-state index in [2.05, 4.69) is 27.9 Å². The van der Waals surface area contributed by atoms with Crippen molar-refractivity contribution < 1.29 is 9.53 Å². The highest BCUT2D eigenvalue weighted by Gasteiger charge is 2.09. The van der Waals surface area contributed by atoms with Crippen molar-refractivity contribution in [2.75, 3.05) is 13.7 Å². The zero-order chi connectivity index (χ0) is 17.6. The third-order valence-corrected chi connectivity index (χ3v) is 4.24. The molecule has 130 valence electrons. The highest BCUT2D eigenvalue weighted by atomic mass is 16.5. The van der Waals surface area contributed by atoms with Crippen LogP contribution in [0.2, 0.25) is 0 Å². The van der Waals surface area contributed by atoms with E-state index in [0.29, 0.717) is 13.0 Å². The van der Waals surface area contributed by atoms with E-state index in [-0.39, 0.29) is 5.91 Å². The number of hydrogen-bond acceptors (Lipinski definition) is 3. The van der Waals surface area contributed by atoms with E-state index >= 15 is 0 Å². The number of aryl methyl sites for hydroxylation is 1. The van der Waals surface area contributed by atoms with E-state index in [1.165, 1.54) is 0 Å². The molecule has 0 fully saturated rings. The zero-order valence-corrected chi connectivity index (χ0v) is 14.7. The van der Waals surface area contributed by atoms with Crippen molar-refractivity contribution in [3.05, 3.63) is 59.9 Å². The second-order valence-electron chi connectivity index (χ2n) is 5.89. The number of rotatable bonds is 7. The van der Waals surface area contributed by atoms with Crippen molar-refractivity contribution >= 4 is 16.9 Å². The SMILES string of the molecule is CCn1c(CCNC(=O)Cc2ccc(OC)cc2)nc2ccccc21. The van der Waals surface area contributed by atoms with Crippen molar-refractivity contribution in [2.45, 2.75) is 26.3 Å². The summed E-state index contributed by atoms with van der Waals surface area (Å²) in [4.78, 5) is 16.8. The number of carbonyl (C=O) groups is 1. The molecule has 25 heavy (non-hydrogen) atoms. The van der Waals surface area contributed by atoms with E-state index in [9.17, 15) is 4.79 Å². The summed E-state index contributed by atoms with van der Waals surface area (Å²) < 4.78 is 7.32. The Labute approximate surface area is 147 Å². The van der Waals surface area contributed by atoms with Gasteiger partial charge in [-0.15, -0.1) is 0 Å². The molecule has 3 aromatic rings. The molecule has 0 saturated carbocycles. The number of benzene rings is 2. The first-order valence-corrected chi connectivity index (χ1v) is 8.55. The van der Waals surface area contributed by atoms with Gasteiger partial charge in [-0.1, -0.05) is 24.3 Å². The summed E-state index contributed by atoms with van der Waals surface area (Å²) in [6, 6.07) is 15.7. The fourth-order valence-corrected chi connectivity index (χ4v) is 2.97. The Hall–Kier alpha value is -2.82. The highest BCUT2D eigenvalue weighted by Crippen LogP contribution is 2.16. The van der Waals surface area contributed by atoms with Crippen LogP contribution in [0.15, 0.2) is 48.5 Å². The Morgan fingerprint density at radius 1 is 1.16 bits per heavy atom. The summed E-state index contributed by atoms with van der Waals surface area (Å²) in [6.45, 7) is 3.56. The number of hydrogen-bond donors (Lipinski definition) is 1. The maximum atomic E-state index is 12.1. The quantitative estimate of drug-likeness (QED) is 0.721. The molecule has 0 aliphatic carbocycles. The van der Waals surface area contributed by atoms with Crippen molar-refractivity contribution in [1.29, 1.82) is 0 Å². The lowest BCUT2D eigenvalue weighted by Gasteiger charge is -2.08. The molecule has 1 amide bonds. The molecule has 0 radical (unpaired) electrons. The number of nitrogens with one attached hydrogen (secondary N) is 1. The lowest BCUT2D eigenvalue weighted by molar-refractivity contribution is -0.120. The van der Waals surface area contributed by atoms with Gasteiger partial charge in [0.05, 0.1) is 24.6 Å². The third-order valence-electron chi connectivity index (χ3n) is 4.24. The number of aromatic nitrogens is 2. The number of nitrogens with zero attached hydrogens (tertiary/aromatic N) is 2. The molecule has 1 N–H and O–H groups in total. The molecule has 0 unspecified atom stereocenters. The Morgan fingerprint density at radius 2 is 1.92 bits per heavy atom. The maximum absolute atomic E-state index is 12.1. The summed E-state index contributed by atoms with van der Waals surface area (Å²) in [5.74, 6) is 1.82. The minimum Gasteiger partial charge on any atom is -0.497 e. The Kier molecular flexibility index (Phi) is 5.33. The molecular weight excluding hydrogens is 314 g/mol. The second-order valence-corrected chi connectivity index (χ2v) is 5.89. The van der Waals surface area contributed by atoms with E-state index in [1.807, 2.05) is 42.5 Å². The number of amides is 1. The van der Waals surface area contributed by atoms with Gasteiger partial charge in [-0.3, -0.25) is 4.79 Å². The predicted molar refractivity (Wildman–Crippen MR) is 98.8 cm³/mol. The second kappa shape index (κ2) is 7.83. The maximum Gasteiger partial charge on any atom is 0.224 e. The summed E-state index contributed by atoms with van der Waals surface area (Å²) in [5, 5.41) is 2.98. The van der Waals surface area contributed by atoms with Crippen molar-refractivity contribution in [2.24, 2.45) is 0 Å². The van der Waals surface area contributed by atoms with Gasteiger partial charge in [-0.2, -0.15) is 0 Å². The average molecular weight is 337 g/mol. The number of imidazole rings is 1. The standard InChI is InChI=1S/C20H23N3O2/c1-3-23-18-7-5-4-6-17(18)22-19(23)12-13-21-20(24)14-15-8-10-16(25-2)11-9-15/h4-11H,3,12-14H2,1-2H3,(H,21,24). The number of methoxy groups -OCH3 is 1. The summed E-state index contributed by atoms with van der Waals surface area (Å²) in [6.07, 6.45) is 1.09. The van der Waals surface area contributed by atoms with Crippen LogP contribution in [0.1, 0.15) is 18.3 Å². The fourth-order valence-electron chi connectivity index (χ4n) is 2.97. The molecule has 2 aromatic carbocycles. The first kappa shape index (κ1) is 17.0. The fraction of sp³-hybridized carbons (Fsp3) is 0.300. The van der Waals surface area contributed by atoms with Crippen LogP contribution >= 0.6 is 0 Å². The van der Waals surface area contributed by atoms with Crippen molar-refractivity contribution in [3.8, 4) is 5.75 Å². The average Bonchev–Trinajstić information content (AvgIpc) is 2.99. The van der Waals surface area contributed by atoms with Crippen LogP contribution in [0.5, 0.6) is 5.75 Å². The molecule has 5 nitrogen and oxygen atoms in total. The van der Waals surface area contributed by atoms with Crippen molar-refractivity contribution in [1.82, 2.24) is 14.9 Å². The summed E-state index contributed by atoms with van der Waals surface area (Å²) >= 11 is 0. The lowest BCUT2D eigenvalue weighted by Crippen LogP contribution is -2.27. The molecular formula is C20H23N3O2. The molecule has 0 spiro atoms. The van der Waals surface area contributed by atoms with Gasteiger partial charge in [0, 0.05) is 19.5 Å².